The van der Waals surface area contributed by atoms with Crippen molar-refractivity contribution >= 4 is 12.1 Å². The van der Waals surface area contributed by atoms with Gasteiger partial charge in [0.2, 0.25) is 6.41 Å². The largest absolute Gasteiger partial charge is 0.320 e. The lowest BCUT2D eigenvalue weighted by molar-refractivity contribution is -0.107. The fraction of sp³-hybridized carbons (Fsp3) is 0.417. The minimum atomic E-state index is 0.757. The highest BCUT2D eigenvalue weighted by molar-refractivity contribution is 5.74. The molecule has 0 fully saturated rings. The van der Waals surface area contributed by atoms with Crippen LogP contribution in [0.5, 0.6) is 0 Å². The molecule has 0 heterocycles. The van der Waals surface area contributed by atoms with Crippen molar-refractivity contribution in [3.63, 3.8) is 0 Å². The Bertz CT molecular complexity index is 295. The Kier molecular flexibility index (Phi) is 4.84. The monoisotopic (exact) mass is 206 g/mol. The van der Waals surface area contributed by atoms with Crippen molar-refractivity contribution in [2.45, 2.75) is 13.3 Å². The number of hydrogen-bond acceptors (Lipinski definition) is 2. The van der Waals surface area contributed by atoms with E-state index in [1.54, 1.807) is 4.90 Å². The summed E-state index contributed by atoms with van der Waals surface area (Å²) in [6.45, 7) is 3.72. The Morgan fingerprint density at radius 1 is 1.33 bits per heavy atom. The SMILES string of the molecule is CNCCCN(C=O)c1ccc(C)cc1. The minimum absolute atomic E-state index is 0.757. The second-order valence-corrected chi connectivity index (χ2v) is 3.59. The van der Waals surface area contributed by atoms with Crippen molar-refractivity contribution in [1.29, 1.82) is 0 Å². The predicted octanol–water partition coefficient (Wildman–Crippen LogP) is 1.57. The summed E-state index contributed by atoms with van der Waals surface area (Å²) in [6.07, 6.45) is 1.85. The van der Waals surface area contributed by atoms with Crippen LogP contribution in [-0.4, -0.2) is 26.5 Å². The van der Waals surface area contributed by atoms with Gasteiger partial charge < -0.3 is 10.2 Å². The van der Waals surface area contributed by atoms with Gasteiger partial charge in [-0.25, -0.2) is 0 Å². The first-order valence-corrected chi connectivity index (χ1v) is 5.21. The number of benzene rings is 1. The van der Waals surface area contributed by atoms with E-state index in [1.807, 2.05) is 38.2 Å². The normalized spacial score (nSPS) is 10.0. The summed E-state index contributed by atoms with van der Waals surface area (Å²) < 4.78 is 0. The molecule has 1 aromatic rings. The zero-order chi connectivity index (χ0) is 11.1. The van der Waals surface area contributed by atoms with E-state index in [0.717, 1.165) is 31.6 Å². The molecule has 0 unspecified atom stereocenters. The van der Waals surface area contributed by atoms with Crippen LogP contribution < -0.4 is 10.2 Å². The molecule has 0 aliphatic rings. The number of amides is 1. The summed E-state index contributed by atoms with van der Waals surface area (Å²) in [7, 11) is 1.91. The molecule has 0 aliphatic carbocycles. The number of hydrogen-bond donors (Lipinski definition) is 1. The van der Waals surface area contributed by atoms with Gasteiger partial charge >= 0.3 is 0 Å². The van der Waals surface area contributed by atoms with Crippen molar-refractivity contribution in [3.8, 4) is 0 Å². The van der Waals surface area contributed by atoms with Crippen LogP contribution >= 0.6 is 0 Å². The Labute approximate surface area is 91.1 Å². The Balaban J connectivity index is 2.57. The maximum Gasteiger partial charge on any atom is 0.214 e. The zero-order valence-corrected chi connectivity index (χ0v) is 9.36. The van der Waals surface area contributed by atoms with Crippen LogP contribution in [0.15, 0.2) is 24.3 Å². The lowest BCUT2D eigenvalue weighted by Gasteiger charge is -2.17. The summed E-state index contributed by atoms with van der Waals surface area (Å²) in [5.74, 6) is 0. The van der Waals surface area contributed by atoms with E-state index in [-0.39, 0.29) is 0 Å². The summed E-state index contributed by atoms with van der Waals surface area (Å²) in [5.41, 5.74) is 2.17. The third-order valence-electron chi connectivity index (χ3n) is 2.32. The molecule has 0 bridgehead atoms. The number of anilines is 1. The highest BCUT2D eigenvalue weighted by Gasteiger charge is 2.03. The maximum absolute atomic E-state index is 10.9. The van der Waals surface area contributed by atoms with E-state index in [4.69, 9.17) is 0 Å². The van der Waals surface area contributed by atoms with Gasteiger partial charge in [0.1, 0.15) is 0 Å². The molecule has 82 valence electrons. The Hall–Kier alpha value is -1.35. The van der Waals surface area contributed by atoms with Gasteiger partial charge in [0.15, 0.2) is 0 Å². The van der Waals surface area contributed by atoms with Gasteiger partial charge in [-0.05, 0) is 39.1 Å². The van der Waals surface area contributed by atoms with Crippen LogP contribution in [0.3, 0.4) is 0 Å². The Morgan fingerprint density at radius 3 is 2.53 bits per heavy atom. The van der Waals surface area contributed by atoms with Gasteiger partial charge in [0.25, 0.3) is 0 Å². The molecule has 3 nitrogen and oxygen atoms in total. The molecule has 1 rings (SSSR count). The van der Waals surface area contributed by atoms with E-state index >= 15 is 0 Å². The van der Waals surface area contributed by atoms with Crippen LogP contribution in [-0.2, 0) is 4.79 Å². The molecule has 0 radical (unpaired) electrons. The van der Waals surface area contributed by atoms with Crippen molar-refractivity contribution in [2.75, 3.05) is 25.0 Å². The number of nitrogens with one attached hydrogen (secondary N) is 1. The highest BCUT2D eigenvalue weighted by atomic mass is 16.1. The topological polar surface area (TPSA) is 32.3 Å². The van der Waals surface area contributed by atoms with E-state index in [0.29, 0.717) is 0 Å². The smallest absolute Gasteiger partial charge is 0.214 e. The first-order valence-electron chi connectivity index (χ1n) is 5.21. The number of nitrogens with zero attached hydrogens (tertiary/aromatic N) is 1. The summed E-state index contributed by atoms with van der Waals surface area (Å²) >= 11 is 0. The van der Waals surface area contributed by atoms with Crippen LogP contribution in [0.25, 0.3) is 0 Å². The predicted molar refractivity (Wildman–Crippen MR) is 63.1 cm³/mol. The molecule has 0 spiro atoms. The molecule has 0 saturated heterocycles. The van der Waals surface area contributed by atoms with Gasteiger partial charge in [0, 0.05) is 12.2 Å². The number of carbonyl (C=O) groups is 1. The Morgan fingerprint density at radius 2 is 2.00 bits per heavy atom. The van der Waals surface area contributed by atoms with E-state index < -0.39 is 0 Å². The summed E-state index contributed by atoms with van der Waals surface area (Å²) in [4.78, 5) is 12.6. The van der Waals surface area contributed by atoms with Gasteiger partial charge in [-0.3, -0.25) is 4.79 Å². The van der Waals surface area contributed by atoms with E-state index in [2.05, 4.69) is 5.32 Å². The molecule has 0 saturated carbocycles. The van der Waals surface area contributed by atoms with Gasteiger partial charge in [-0.2, -0.15) is 0 Å². The first-order chi connectivity index (χ1) is 7.27. The molecular weight excluding hydrogens is 188 g/mol. The van der Waals surface area contributed by atoms with Gasteiger partial charge in [0.05, 0.1) is 0 Å². The van der Waals surface area contributed by atoms with Crippen molar-refractivity contribution in [1.82, 2.24) is 5.32 Å². The van der Waals surface area contributed by atoms with Gasteiger partial charge in [-0.1, -0.05) is 17.7 Å². The zero-order valence-electron chi connectivity index (χ0n) is 9.36. The molecule has 0 aromatic heterocycles. The summed E-state index contributed by atoms with van der Waals surface area (Å²) in [6, 6.07) is 7.99. The lowest BCUT2D eigenvalue weighted by atomic mass is 10.2. The van der Waals surface area contributed by atoms with Crippen molar-refractivity contribution in [2.24, 2.45) is 0 Å². The molecule has 1 aromatic carbocycles. The van der Waals surface area contributed by atoms with Crippen LogP contribution in [0, 0.1) is 6.92 Å². The first kappa shape index (κ1) is 11.7. The van der Waals surface area contributed by atoms with Crippen LogP contribution in [0.1, 0.15) is 12.0 Å². The lowest BCUT2D eigenvalue weighted by Crippen LogP contribution is -2.25. The van der Waals surface area contributed by atoms with Crippen LogP contribution in [0.2, 0.25) is 0 Å². The van der Waals surface area contributed by atoms with E-state index in [1.165, 1.54) is 5.56 Å². The fourth-order valence-corrected chi connectivity index (χ4v) is 1.41. The second kappa shape index (κ2) is 6.19. The van der Waals surface area contributed by atoms with E-state index in [9.17, 15) is 4.79 Å². The molecule has 0 atom stereocenters. The number of carbonyl (C=O) groups excluding carboxylic acids is 1. The minimum Gasteiger partial charge on any atom is -0.320 e. The van der Waals surface area contributed by atoms with Crippen molar-refractivity contribution in [3.05, 3.63) is 29.8 Å². The summed E-state index contributed by atoms with van der Waals surface area (Å²) in [5, 5.41) is 3.07. The molecular formula is C12H18N2O. The average molecular weight is 206 g/mol. The van der Waals surface area contributed by atoms with Gasteiger partial charge in [-0.15, -0.1) is 0 Å². The molecule has 1 N–H and O–H groups in total. The third kappa shape index (κ3) is 3.72. The quantitative estimate of drug-likeness (QED) is 0.566. The third-order valence-corrected chi connectivity index (χ3v) is 2.32. The standard InChI is InChI=1S/C12H18N2O/c1-11-4-6-12(7-5-11)14(10-15)9-3-8-13-2/h4-7,10,13H,3,8-9H2,1-2H3. The number of aryl methyl sites for hydroxylation is 1. The maximum atomic E-state index is 10.9. The van der Waals surface area contributed by atoms with Crippen LogP contribution in [0.4, 0.5) is 5.69 Å². The van der Waals surface area contributed by atoms with Crippen molar-refractivity contribution < 1.29 is 4.79 Å². The number of rotatable bonds is 6. The molecule has 3 heteroatoms. The fourth-order valence-electron chi connectivity index (χ4n) is 1.41. The second-order valence-electron chi connectivity index (χ2n) is 3.59. The molecule has 1 amide bonds. The molecule has 15 heavy (non-hydrogen) atoms. The average Bonchev–Trinajstić information content (AvgIpc) is 2.26. The highest BCUT2D eigenvalue weighted by Crippen LogP contribution is 2.13. The molecule has 0 aliphatic heterocycles.